The van der Waals surface area contributed by atoms with Gasteiger partial charge in [0.25, 0.3) is 0 Å². The Hall–Kier alpha value is -1.62. The van der Waals surface area contributed by atoms with E-state index in [2.05, 4.69) is 52.0 Å². The molecule has 0 aromatic rings. The van der Waals surface area contributed by atoms with Crippen molar-refractivity contribution in [1.82, 2.24) is 0 Å². The van der Waals surface area contributed by atoms with Gasteiger partial charge in [0.05, 0.1) is 0 Å². The molecule has 46 heavy (non-hydrogen) atoms. The van der Waals surface area contributed by atoms with E-state index in [1.807, 2.05) is 0 Å². The molecule has 0 aliphatic carbocycles. The number of unbranched alkanes of at least 4 members (excludes halogenated alkanes) is 17. The van der Waals surface area contributed by atoms with Gasteiger partial charge in [-0.05, 0) is 63.2 Å². The number of carbonyl (C=O) groups is 2. The van der Waals surface area contributed by atoms with E-state index in [9.17, 15) is 14.7 Å². The first kappa shape index (κ1) is 44.4. The monoisotopic (exact) mass is 649 g/mol. The molecule has 0 saturated carbocycles. The van der Waals surface area contributed by atoms with Gasteiger partial charge in [-0.15, -0.1) is 0 Å². The van der Waals surface area contributed by atoms with Crippen molar-refractivity contribution < 1.29 is 24.2 Å². The molecule has 0 heterocycles. The first-order valence-corrected chi connectivity index (χ1v) is 19.7. The van der Waals surface area contributed by atoms with E-state index >= 15 is 0 Å². The van der Waals surface area contributed by atoms with E-state index < -0.39 is 6.10 Å². The highest BCUT2D eigenvalue weighted by Gasteiger charge is 2.12. The minimum atomic E-state index is -0.967. The summed E-state index contributed by atoms with van der Waals surface area (Å²) in [4.78, 5) is 23.9. The Bertz CT molecular complexity index is 730. The number of hydrogen-bond acceptors (Lipinski definition) is 5. The summed E-state index contributed by atoms with van der Waals surface area (Å²) in [6, 6.07) is 0. The molecule has 0 aliphatic rings. The molecule has 0 bridgehead atoms. The van der Waals surface area contributed by atoms with Crippen LogP contribution >= 0.6 is 0 Å². The lowest BCUT2D eigenvalue weighted by molar-refractivity contribution is -0.152. The van der Waals surface area contributed by atoms with Crippen molar-refractivity contribution in [2.45, 2.75) is 201 Å². The predicted molar refractivity (Wildman–Crippen MR) is 196 cm³/mol. The number of ether oxygens (including phenoxy) is 2. The highest BCUT2D eigenvalue weighted by Crippen LogP contribution is 2.21. The smallest absolute Gasteiger partial charge is 0.305 e. The molecule has 0 aromatic carbocycles. The summed E-state index contributed by atoms with van der Waals surface area (Å²) in [7, 11) is 0. The van der Waals surface area contributed by atoms with Crippen LogP contribution in [0, 0.1) is 11.8 Å². The maximum absolute atomic E-state index is 12.0. The average molecular weight is 649 g/mol. The maximum atomic E-state index is 12.0. The molecule has 0 amide bonds. The van der Waals surface area contributed by atoms with Crippen LogP contribution in [0.25, 0.3) is 0 Å². The van der Waals surface area contributed by atoms with Gasteiger partial charge in [-0.2, -0.15) is 0 Å². The summed E-state index contributed by atoms with van der Waals surface area (Å²) in [5.41, 5.74) is 0. The number of aliphatic hydroxyl groups excluding tert-OH is 1. The second-order valence-electron chi connectivity index (χ2n) is 13.9. The highest BCUT2D eigenvalue weighted by atomic mass is 16.6. The Balaban J connectivity index is 3.48. The lowest BCUT2D eigenvalue weighted by Gasteiger charge is -2.15. The van der Waals surface area contributed by atoms with Crippen LogP contribution in [-0.4, -0.2) is 36.4 Å². The van der Waals surface area contributed by atoms with Crippen molar-refractivity contribution in [2.24, 2.45) is 11.8 Å². The van der Waals surface area contributed by atoms with E-state index in [0.29, 0.717) is 12.8 Å². The summed E-state index contributed by atoms with van der Waals surface area (Å²) in [6.07, 6.45) is 37.8. The lowest BCUT2D eigenvalue weighted by Crippen LogP contribution is -2.25. The molecule has 0 aliphatic heterocycles. The van der Waals surface area contributed by atoms with Gasteiger partial charge < -0.3 is 14.6 Å². The first-order valence-electron chi connectivity index (χ1n) is 19.7. The molecule has 0 aromatic heterocycles. The van der Waals surface area contributed by atoms with Gasteiger partial charge in [0, 0.05) is 12.8 Å². The third-order valence-electron chi connectivity index (χ3n) is 9.03. The van der Waals surface area contributed by atoms with Crippen LogP contribution in [0.15, 0.2) is 24.3 Å². The van der Waals surface area contributed by atoms with Gasteiger partial charge in [-0.25, -0.2) is 0 Å². The van der Waals surface area contributed by atoms with E-state index in [1.54, 1.807) is 0 Å². The number of hydrogen-bond donors (Lipinski definition) is 1. The van der Waals surface area contributed by atoms with Gasteiger partial charge in [0.1, 0.15) is 19.3 Å². The Morgan fingerprint density at radius 2 is 1.00 bits per heavy atom. The lowest BCUT2D eigenvalue weighted by atomic mass is 9.91. The van der Waals surface area contributed by atoms with Crippen LogP contribution in [-0.2, 0) is 19.1 Å². The zero-order valence-corrected chi connectivity index (χ0v) is 30.9. The van der Waals surface area contributed by atoms with E-state index in [-0.39, 0.29) is 25.2 Å². The molecule has 5 nitrogen and oxygen atoms in total. The van der Waals surface area contributed by atoms with Crippen molar-refractivity contribution in [1.29, 1.82) is 0 Å². The van der Waals surface area contributed by atoms with Crippen LogP contribution in [0.3, 0.4) is 0 Å². The second-order valence-corrected chi connectivity index (χ2v) is 13.9. The molecule has 5 heteroatoms. The summed E-state index contributed by atoms with van der Waals surface area (Å²) in [5.74, 6) is 1.16. The zero-order valence-electron chi connectivity index (χ0n) is 30.9. The summed E-state index contributed by atoms with van der Waals surface area (Å²) < 4.78 is 10.3. The SMILES string of the molecule is CCCCC/C=C\C/C=C\CCCCCCCC(=O)OC[C@H](O)COC(=O)CCCCCCCCCCCC[C@H](C)C[C@H](C)CC. The largest absolute Gasteiger partial charge is 0.463 e. The topological polar surface area (TPSA) is 72.8 Å². The fraction of sp³-hybridized carbons (Fsp3) is 0.854. The predicted octanol–water partition coefficient (Wildman–Crippen LogP) is 12.0. The fourth-order valence-electron chi connectivity index (χ4n) is 5.80. The minimum Gasteiger partial charge on any atom is -0.463 e. The molecule has 0 fully saturated rings. The average Bonchev–Trinajstić information content (AvgIpc) is 3.04. The first-order chi connectivity index (χ1) is 22.4. The van der Waals surface area contributed by atoms with Crippen LogP contribution in [0.1, 0.15) is 195 Å². The van der Waals surface area contributed by atoms with Gasteiger partial charge in [-0.1, -0.05) is 155 Å². The van der Waals surface area contributed by atoms with Crippen molar-refractivity contribution in [3.8, 4) is 0 Å². The summed E-state index contributed by atoms with van der Waals surface area (Å²) in [5, 5.41) is 10.0. The Morgan fingerprint density at radius 1 is 0.565 bits per heavy atom. The third kappa shape index (κ3) is 33.7. The van der Waals surface area contributed by atoms with Crippen molar-refractivity contribution in [2.75, 3.05) is 13.2 Å². The summed E-state index contributed by atoms with van der Waals surface area (Å²) >= 11 is 0. The Labute approximate surface area is 285 Å². The Kier molecular flexibility index (Phi) is 33.5. The maximum Gasteiger partial charge on any atom is 0.305 e. The molecule has 0 rings (SSSR count). The molecule has 0 spiro atoms. The number of carbonyl (C=O) groups excluding carboxylic acids is 2. The van der Waals surface area contributed by atoms with Crippen LogP contribution < -0.4 is 0 Å². The standard InChI is InChI=1S/C41H76O5/c1-5-7-8-9-10-11-12-13-14-15-16-20-23-26-29-32-40(43)45-35-39(42)36-46-41(44)33-30-27-24-21-18-17-19-22-25-28-31-38(4)34-37(3)6-2/h10-11,13-14,37-39,42H,5-9,12,15-36H2,1-4H3/b11-10-,14-13-/t37-,38+,39+/m1/s1. The van der Waals surface area contributed by atoms with Gasteiger partial charge in [0.15, 0.2) is 0 Å². The molecular formula is C41H76O5. The van der Waals surface area contributed by atoms with Gasteiger partial charge >= 0.3 is 11.9 Å². The second kappa shape index (κ2) is 34.7. The molecular weight excluding hydrogens is 572 g/mol. The van der Waals surface area contributed by atoms with Crippen LogP contribution in [0.2, 0.25) is 0 Å². The molecule has 3 atom stereocenters. The third-order valence-corrected chi connectivity index (χ3v) is 9.03. The zero-order chi connectivity index (χ0) is 33.9. The van der Waals surface area contributed by atoms with E-state index in [1.165, 1.54) is 103 Å². The molecule has 0 saturated heterocycles. The van der Waals surface area contributed by atoms with Crippen LogP contribution in [0.5, 0.6) is 0 Å². The molecule has 0 radical (unpaired) electrons. The number of rotatable bonds is 34. The number of allylic oxidation sites excluding steroid dienone is 4. The quantitative estimate of drug-likeness (QED) is 0.0427. The fourth-order valence-corrected chi connectivity index (χ4v) is 5.80. The van der Waals surface area contributed by atoms with Crippen LogP contribution in [0.4, 0.5) is 0 Å². The van der Waals surface area contributed by atoms with Gasteiger partial charge in [0.2, 0.25) is 0 Å². The summed E-state index contributed by atoms with van der Waals surface area (Å²) in [6.45, 7) is 9.07. The molecule has 0 unspecified atom stereocenters. The van der Waals surface area contributed by atoms with E-state index in [4.69, 9.17) is 9.47 Å². The van der Waals surface area contributed by atoms with E-state index in [0.717, 1.165) is 63.2 Å². The normalized spacial score (nSPS) is 13.8. The Morgan fingerprint density at radius 3 is 1.48 bits per heavy atom. The molecule has 1 N–H and O–H groups in total. The van der Waals surface area contributed by atoms with Crippen molar-refractivity contribution in [3.63, 3.8) is 0 Å². The number of esters is 2. The molecule has 270 valence electrons. The minimum absolute atomic E-state index is 0.118. The number of aliphatic hydroxyl groups is 1. The van der Waals surface area contributed by atoms with Gasteiger partial charge in [-0.3, -0.25) is 9.59 Å². The van der Waals surface area contributed by atoms with Crippen molar-refractivity contribution >= 4 is 11.9 Å². The highest BCUT2D eigenvalue weighted by molar-refractivity contribution is 5.69. The van der Waals surface area contributed by atoms with Crippen molar-refractivity contribution in [3.05, 3.63) is 24.3 Å².